The molecule has 2 amide bonds. The second kappa shape index (κ2) is 9.13. The molecule has 0 aliphatic carbocycles. The molecule has 2 N–H and O–H groups in total. The van der Waals surface area contributed by atoms with Gasteiger partial charge in [-0.05, 0) is 44.2 Å². The number of anilines is 2. The number of aromatic hydroxyl groups is 1. The van der Waals surface area contributed by atoms with Crippen LogP contribution in [0.2, 0.25) is 0 Å². The smallest absolute Gasteiger partial charge is 0.257 e. The lowest BCUT2D eigenvalue weighted by atomic mass is 10.1. The molecule has 1 aliphatic rings. The highest BCUT2D eigenvalue weighted by molar-refractivity contribution is 6.08. The average molecular weight is 434 g/mol. The third-order valence-corrected chi connectivity index (χ3v) is 5.66. The normalized spacial score (nSPS) is 13.8. The maximum Gasteiger partial charge on any atom is 0.257 e. The Labute approximate surface area is 187 Å². The van der Waals surface area contributed by atoms with E-state index in [-0.39, 0.29) is 24.1 Å². The van der Waals surface area contributed by atoms with E-state index in [9.17, 15) is 14.7 Å². The molecule has 4 rings (SSSR count). The van der Waals surface area contributed by atoms with Gasteiger partial charge in [-0.15, -0.1) is 0 Å². The summed E-state index contributed by atoms with van der Waals surface area (Å²) in [7, 11) is 0. The summed E-state index contributed by atoms with van der Waals surface area (Å²) in [6, 6.07) is 16.0. The van der Waals surface area contributed by atoms with Gasteiger partial charge in [0.25, 0.3) is 5.91 Å². The number of benzene rings is 2. The van der Waals surface area contributed by atoms with Crippen molar-refractivity contribution >= 4 is 23.2 Å². The number of piperazine rings is 1. The van der Waals surface area contributed by atoms with Gasteiger partial charge in [0.1, 0.15) is 12.3 Å². The molecule has 166 valence electrons. The van der Waals surface area contributed by atoms with Gasteiger partial charge in [0.2, 0.25) is 5.91 Å². The number of aryl methyl sites for hydroxylation is 2. The van der Waals surface area contributed by atoms with E-state index in [0.717, 1.165) is 17.1 Å². The summed E-state index contributed by atoms with van der Waals surface area (Å²) in [6.45, 7) is 6.51. The molecule has 1 aliphatic heterocycles. The van der Waals surface area contributed by atoms with E-state index in [1.54, 1.807) is 28.9 Å². The van der Waals surface area contributed by atoms with Crippen molar-refractivity contribution in [1.29, 1.82) is 0 Å². The first kappa shape index (κ1) is 21.4. The SMILES string of the molecule is Cc1cc(C)n(CC(=O)N2CCN(c3ccccc3C(=O)Nc3ccccc3O)CC2)n1. The fraction of sp³-hybridized carbons (Fsp3) is 0.292. The highest BCUT2D eigenvalue weighted by atomic mass is 16.3. The number of hydrogen-bond donors (Lipinski definition) is 2. The standard InChI is InChI=1S/C24H27N5O3/c1-17-15-18(2)29(26-17)16-23(31)28-13-11-27(12-14-28)21-9-5-3-7-19(21)24(32)25-20-8-4-6-10-22(20)30/h3-10,15,30H,11-14,16H2,1-2H3,(H,25,32). The number of amides is 2. The maximum atomic E-state index is 12.9. The van der Waals surface area contributed by atoms with Gasteiger partial charge in [-0.25, -0.2) is 0 Å². The van der Waals surface area contributed by atoms with Crippen LogP contribution in [-0.4, -0.2) is 57.8 Å². The van der Waals surface area contributed by atoms with E-state index in [1.807, 2.05) is 43.0 Å². The number of nitrogens with zero attached hydrogens (tertiary/aromatic N) is 4. The third kappa shape index (κ3) is 4.59. The first-order valence-corrected chi connectivity index (χ1v) is 10.6. The Kier molecular flexibility index (Phi) is 6.11. The highest BCUT2D eigenvalue weighted by Gasteiger charge is 2.24. The van der Waals surface area contributed by atoms with Crippen LogP contribution < -0.4 is 10.2 Å². The van der Waals surface area contributed by atoms with Crippen molar-refractivity contribution in [1.82, 2.24) is 14.7 Å². The minimum Gasteiger partial charge on any atom is -0.506 e. The first-order valence-electron chi connectivity index (χ1n) is 10.6. The number of carbonyl (C=O) groups excluding carboxylic acids is 2. The lowest BCUT2D eigenvalue weighted by Crippen LogP contribution is -2.50. The molecule has 32 heavy (non-hydrogen) atoms. The largest absolute Gasteiger partial charge is 0.506 e. The van der Waals surface area contributed by atoms with E-state index in [0.29, 0.717) is 37.4 Å². The molecule has 3 aromatic rings. The molecular weight excluding hydrogens is 406 g/mol. The summed E-state index contributed by atoms with van der Waals surface area (Å²) >= 11 is 0. The second-order valence-corrected chi connectivity index (χ2v) is 7.94. The quantitative estimate of drug-likeness (QED) is 0.604. The highest BCUT2D eigenvalue weighted by Crippen LogP contribution is 2.26. The fourth-order valence-electron chi connectivity index (χ4n) is 3.97. The Hall–Kier alpha value is -3.81. The molecule has 0 radical (unpaired) electrons. The third-order valence-electron chi connectivity index (χ3n) is 5.66. The van der Waals surface area contributed by atoms with Gasteiger partial charge < -0.3 is 20.2 Å². The number of para-hydroxylation sites is 3. The number of aromatic nitrogens is 2. The molecule has 0 unspecified atom stereocenters. The van der Waals surface area contributed by atoms with Crippen molar-refractivity contribution in [2.75, 3.05) is 36.4 Å². The maximum absolute atomic E-state index is 12.9. The number of phenolic OH excluding ortho intramolecular Hbond substituents is 1. The summed E-state index contributed by atoms with van der Waals surface area (Å²) in [4.78, 5) is 29.6. The van der Waals surface area contributed by atoms with Crippen molar-refractivity contribution in [3.05, 3.63) is 71.5 Å². The molecule has 2 heterocycles. The predicted molar refractivity (Wildman–Crippen MR) is 123 cm³/mol. The summed E-state index contributed by atoms with van der Waals surface area (Å²) < 4.78 is 1.74. The Bertz CT molecular complexity index is 1130. The molecule has 0 bridgehead atoms. The molecule has 1 fully saturated rings. The van der Waals surface area contributed by atoms with Crippen LogP contribution in [0, 0.1) is 13.8 Å². The zero-order valence-electron chi connectivity index (χ0n) is 18.3. The van der Waals surface area contributed by atoms with E-state index in [1.165, 1.54) is 6.07 Å². The van der Waals surface area contributed by atoms with E-state index in [2.05, 4.69) is 15.3 Å². The lowest BCUT2D eigenvalue weighted by Gasteiger charge is -2.37. The molecular formula is C24H27N5O3. The van der Waals surface area contributed by atoms with Crippen LogP contribution in [0.15, 0.2) is 54.6 Å². The van der Waals surface area contributed by atoms with E-state index < -0.39 is 0 Å². The number of rotatable bonds is 5. The minimum atomic E-state index is -0.287. The van der Waals surface area contributed by atoms with Crippen LogP contribution >= 0.6 is 0 Å². The van der Waals surface area contributed by atoms with Crippen LogP contribution in [0.5, 0.6) is 5.75 Å². The Morgan fingerprint density at radius 1 is 1.00 bits per heavy atom. The van der Waals surface area contributed by atoms with Crippen molar-refractivity contribution in [3.63, 3.8) is 0 Å². The minimum absolute atomic E-state index is 0.0214. The van der Waals surface area contributed by atoms with Crippen LogP contribution in [0.1, 0.15) is 21.7 Å². The van der Waals surface area contributed by atoms with Gasteiger partial charge in [0.05, 0.1) is 16.9 Å². The summed E-state index contributed by atoms with van der Waals surface area (Å²) in [5.41, 5.74) is 3.58. The zero-order valence-corrected chi connectivity index (χ0v) is 18.3. The second-order valence-electron chi connectivity index (χ2n) is 7.94. The Balaban J connectivity index is 1.41. The van der Waals surface area contributed by atoms with Gasteiger partial charge in [-0.3, -0.25) is 14.3 Å². The van der Waals surface area contributed by atoms with Crippen molar-refractivity contribution in [2.24, 2.45) is 0 Å². The molecule has 0 spiro atoms. The summed E-state index contributed by atoms with van der Waals surface area (Å²) in [5, 5.41) is 17.1. The van der Waals surface area contributed by atoms with Gasteiger partial charge in [0.15, 0.2) is 0 Å². The molecule has 0 saturated carbocycles. The Morgan fingerprint density at radius 3 is 2.38 bits per heavy atom. The van der Waals surface area contributed by atoms with Crippen LogP contribution in [0.3, 0.4) is 0 Å². The molecule has 2 aromatic carbocycles. The molecule has 8 heteroatoms. The number of nitrogens with one attached hydrogen (secondary N) is 1. The summed E-state index contributed by atoms with van der Waals surface area (Å²) in [5.74, 6) is -0.223. The fourth-order valence-corrected chi connectivity index (χ4v) is 3.97. The molecule has 1 aromatic heterocycles. The number of carbonyl (C=O) groups is 2. The van der Waals surface area contributed by atoms with Crippen LogP contribution in [-0.2, 0) is 11.3 Å². The Morgan fingerprint density at radius 2 is 1.69 bits per heavy atom. The molecule has 0 atom stereocenters. The molecule has 1 saturated heterocycles. The van der Waals surface area contributed by atoms with Crippen molar-refractivity contribution in [2.45, 2.75) is 20.4 Å². The number of hydrogen-bond acceptors (Lipinski definition) is 5. The average Bonchev–Trinajstić information content (AvgIpc) is 3.11. The number of phenols is 1. The van der Waals surface area contributed by atoms with Gasteiger partial charge >= 0.3 is 0 Å². The predicted octanol–water partition coefficient (Wildman–Crippen LogP) is 2.81. The van der Waals surface area contributed by atoms with E-state index >= 15 is 0 Å². The monoisotopic (exact) mass is 433 g/mol. The topological polar surface area (TPSA) is 90.7 Å². The van der Waals surface area contributed by atoms with Crippen molar-refractivity contribution in [3.8, 4) is 5.75 Å². The zero-order chi connectivity index (χ0) is 22.7. The van der Waals surface area contributed by atoms with Gasteiger partial charge in [-0.1, -0.05) is 24.3 Å². The van der Waals surface area contributed by atoms with Crippen LogP contribution in [0.4, 0.5) is 11.4 Å². The first-order chi connectivity index (χ1) is 15.4. The lowest BCUT2D eigenvalue weighted by molar-refractivity contribution is -0.132. The summed E-state index contributed by atoms with van der Waals surface area (Å²) in [6.07, 6.45) is 0. The van der Waals surface area contributed by atoms with E-state index in [4.69, 9.17) is 0 Å². The van der Waals surface area contributed by atoms with Gasteiger partial charge in [0, 0.05) is 37.6 Å². The van der Waals surface area contributed by atoms with Crippen molar-refractivity contribution < 1.29 is 14.7 Å². The van der Waals surface area contributed by atoms with Gasteiger partial charge in [-0.2, -0.15) is 5.10 Å². The van der Waals surface area contributed by atoms with Crippen LogP contribution in [0.25, 0.3) is 0 Å². The molecule has 8 nitrogen and oxygen atoms in total.